The van der Waals surface area contributed by atoms with Crippen LogP contribution in [0.5, 0.6) is 5.75 Å². The summed E-state index contributed by atoms with van der Waals surface area (Å²) in [5.74, 6) is 0.464. The van der Waals surface area contributed by atoms with Crippen LogP contribution in [-0.4, -0.2) is 30.8 Å². The fraction of sp³-hybridized carbons (Fsp3) is 0.263. The standard InChI is InChI=1S/C19H20ClNO4S/c1-13(19(23)21-15-5-7-16(24-2)8-6-15)25-18(22)11-12-26-17-9-3-14(20)4-10-17/h3-10,13H,11-12H2,1-2H3,(H,21,23)/t13-/m0/s1. The Morgan fingerprint density at radius 2 is 1.77 bits per heavy atom. The second-order valence-electron chi connectivity index (χ2n) is 5.40. The molecule has 26 heavy (non-hydrogen) atoms. The summed E-state index contributed by atoms with van der Waals surface area (Å²) in [5.41, 5.74) is 0.608. The van der Waals surface area contributed by atoms with Crippen LogP contribution in [0.25, 0.3) is 0 Å². The minimum atomic E-state index is -0.870. The lowest BCUT2D eigenvalue weighted by Crippen LogP contribution is -2.30. The van der Waals surface area contributed by atoms with Crippen molar-refractivity contribution in [3.05, 3.63) is 53.6 Å². The SMILES string of the molecule is COc1ccc(NC(=O)[C@H](C)OC(=O)CCSc2ccc(Cl)cc2)cc1. The maximum absolute atomic E-state index is 12.1. The molecule has 0 spiro atoms. The number of nitrogens with one attached hydrogen (secondary N) is 1. The van der Waals surface area contributed by atoms with Gasteiger partial charge in [-0.2, -0.15) is 0 Å². The first-order valence-corrected chi connectivity index (χ1v) is 9.37. The summed E-state index contributed by atoms with van der Waals surface area (Å²) < 4.78 is 10.2. The van der Waals surface area contributed by atoms with Crippen molar-refractivity contribution < 1.29 is 19.1 Å². The van der Waals surface area contributed by atoms with Gasteiger partial charge in [-0.3, -0.25) is 9.59 Å². The van der Waals surface area contributed by atoms with Crippen LogP contribution in [0.1, 0.15) is 13.3 Å². The molecule has 0 unspecified atom stereocenters. The minimum Gasteiger partial charge on any atom is -0.497 e. The number of ether oxygens (including phenoxy) is 2. The molecule has 138 valence electrons. The lowest BCUT2D eigenvalue weighted by Gasteiger charge is -2.13. The highest BCUT2D eigenvalue weighted by Crippen LogP contribution is 2.21. The van der Waals surface area contributed by atoms with Gasteiger partial charge in [-0.25, -0.2) is 0 Å². The average molecular weight is 394 g/mol. The zero-order valence-corrected chi connectivity index (χ0v) is 16.1. The lowest BCUT2D eigenvalue weighted by atomic mass is 10.3. The van der Waals surface area contributed by atoms with Gasteiger partial charge in [0.1, 0.15) is 5.75 Å². The summed E-state index contributed by atoms with van der Waals surface area (Å²) >= 11 is 7.36. The minimum absolute atomic E-state index is 0.216. The Kier molecular flexibility index (Phi) is 7.81. The van der Waals surface area contributed by atoms with E-state index in [1.807, 2.05) is 12.1 Å². The second-order valence-corrected chi connectivity index (χ2v) is 7.01. The van der Waals surface area contributed by atoms with E-state index in [1.165, 1.54) is 11.8 Å². The number of esters is 1. The van der Waals surface area contributed by atoms with Gasteiger partial charge in [-0.15, -0.1) is 11.8 Å². The number of carbonyl (C=O) groups is 2. The average Bonchev–Trinajstić information content (AvgIpc) is 2.64. The Hall–Kier alpha value is -2.18. The van der Waals surface area contributed by atoms with Crippen molar-refractivity contribution in [2.24, 2.45) is 0 Å². The summed E-state index contributed by atoms with van der Waals surface area (Å²) in [6.07, 6.45) is -0.655. The number of benzene rings is 2. The van der Waals surface area contributed by atoms with E-state index < -0.39 is 12.1 Å². The predicted octanol–water partition coefficient (Wildman–Crippen LogP) is 4.40. The van der Waals surface area contributed by atoms with Crippen molar-refractivity contribution in [3.63, 3.8) is 0 Å². The third kappa shape index (κ3) is 6.61. The van der Waals surface area contributed by atoms with Crippen molar-refractivity contribution in [1.82, 2.24) is 0 Å². The highest BCUT2D eigenvalue weighted by Gasteiger charge is 2.17. The largest absolute Gasteiger partial charge is 0.497 e. The smallest absolute Gasteiger partial charge is 0.307 e. The Morgan fingerprint density at radius 3 is 2.38 bits per heavy atom. The van der Waals surface area contributed by atoms with Gasteiger partial charge < -0.3 is 14.8 Å². The molecule has 0 aliphatic rings. The summed E-state index contributed by atoms with van der Waals surface area (Å²) in [7, 11) is 1.57. The molecule has 0 bridgehead atoms. The number of carbonyl (C=O) groups excluding carboxylic acids is 2. The van der Waals surface area contributed by atoms with Gasteiger partial charge in [0.2, 0.25) is 0 Å². The van der Waals surface area contributed by atoms with Gasteiger partial charge >= 0.3 is 5.97 Å². The lowest BCUT2D eigenvalue weighted by molar-refractivity contribution is -0.152. The van der Waals surface area contributed by atoms with Gasteiger partial charge in [0.15, 0.2) is 6.10 Å². The Labute approximate surface area is 162 Å². The van der Waals surface area contributed by atoms with Crippen molar-refractivity contribution in [2.75, 3.05) is 18.2 Å². The molecule has 0 aliphatic carbocycles. The molecule has 1 amide bonds. The Bertz CT molecular complexity index is 734. The van der Waals surface area contributed by atoms with Gasteiger partial charge in [-0.1, -0.05) is 11.6 Å². The maximum atomic E-state index is 12.1. The van der Waals surface area contributed by atoms with Gasteiger partial charge in [0.25, 0.3) is 5.91 Å². The van der Waals surface area contributed by atoms with E-state index in [0.717, 1.165) is 4.90 Å². The zero-order valence-electron chi connectivity index (χ0n) is 14.5. The normalized spacial score (nSPS) is 11.5. The van der Waals surface area contributed by atoms with E-state index >= 15 is 0 Å². The summed E-state index contributed by atoms with van der Waals surface area (Å²) in [4.78, 5) is 25.0. The van der Waals surface area contributed by atoms with E-state index in [0.29, 0.717) is 22.2 Å². The molecule has 7 heteroatoms. The third-order valence-corrected chi connectivity index (χ3v) is 4.69. The van der Waals surface area contributed by atoms with Crippen molar-refractivity contribution >= 4 is 40.9 Å². The van der Waals surface area contributed by atoms with E-state index in [1.54, 1.807) is 50.4 Å². The fourth-order valence-corrected chi connectivity index (χ4v) is 2.97. The molecular weight excluding hydrogens is 374 g/mol. The molecule has 0 saturated carbocycles. The molecule has 2 aromatic rings. The third-order valence-electron chi connectivity index (χ3n) is 3.42. The van der Waals surface area contributed by atoms with Crippen LogP contribution in [0.15, 0.2) is 53.4 Å². The van der Waals surface area contributed by atoms with Crippen LogP contribution in [0, 0.1) is 0 Å². The molecule has 1 N–H and O–H groups in total. The number of thioether (sulfide) groups is 1. The molecule has 0 heterocycles. The van der Waals surface area contributed by atoms with Crippen molar-refractivity contribution in [3.8, 4) is 5.75 Å². The van der Waals surface area contributed by atoms with E-state index in [-0.39, 0.29) is 12.3 Å². The van der Waals surface area contributed by atoms with Crippen molar-refractivity contribution in [1.29, 1.82) is 0 Å². The Morgan fingerprint density at radius 1 is 1.12 bits per heavy atom. The molecule has 0 saturated heterocycles. The molecule has 5 nitrogen and oxygen atoms in total. The maximum Gasteiger partial charge on any atom is 0.307 e. The molecule has 0 aromatic heterocycles. The zero-order chi connectivity index (χ0) is 18.9. The van der Waals surface area contributed by atoms with E-state index in [4.69, 9.17) is 21.1 Å². The number of rotatable bonds is 8. The monoisotopic (exact) mass is 393 g/mol. The van der Waals surface area contributed by atoms with Crippen LogP contribution >= 0.6 is 23.4 Å². The second kappa shape index (κ2) is 10.1. The highest BCUT2D eigenvalue weighted by molar-refractivity contribution is 7.99. The molecular formula is C19H20ClNO4S. The number of halogens is 1. The molecule has 1 atom stereocenters. The predicted molar refractivity (Wildman–Crippen MR) is 104 cm³/mol. The number of hydrogen-bond donors (Lipinski definition) is 1. The van der Waals surface area contributed by atoms with Crippen LogP contribution in [0.4, 0.5) is 5.69 Å². The first-order valence-electron chi connectivity index (χ1n) is 8.00. The first kappa shape index (κ1) is 20.1. The number of methoxy groups -OCH3 is 1. The van der Waals surface area contributed by atoms with Crippen LogP contribution in [0.3, 0.4) is 0 Å². The molecule has 0 aliphatic heterocycles. The van der Waals surface area contributed by atoms with Crippen molar-refractivity contribution in [2.45, 2.75) is 24.3 Å². The summed E-state index contributed by atoms with van der Waals surface area (Å²) in [6.45, 7) is 1.54. The first-order chi connectivity index (χ1) is 12.5. The molecule has 0 fully saturated rings. The molecule has 0 radical (unpaired) electrons. The van der Waals surface area contributed by atoms with Gasteiger partial charge in [0.05, 0.1) is 13.5 Å². The van der Waals surface area contributed by atoms with Crippen LogP contribution in [-0.2, 0) is 14.3 Å². The van der Waals surface area contributed by atoms with Gasteiger partial charge in [0, 0.05) is 21.4 Å². The number of hydrogen-bond acceptors (Lipinski definition) is 5. The highest BCUT2D eigenvalue weighted by atomic mass is 35.5. The topological polar surface area (TPSA) is 64.6 Å². The van der Waals surface area contributed by atoms with Crippen LogP contribution < -0.4 is 10.1 Å². The summed E-state index contributed by atoms with van der Waals surface area (Å²) in [6, 6.07) is 14.3. The van der Waals surface area contributed by atoms with E-state index in [2.05, 4.69) is 5.32 Å². The quantitative estimate of drug-likeness (QED) is 0.532. The van der Waals surface area contributed by atoms with Crippen LogP contribution in [0.2, 0.25) is 5.02 Å². The Balaban J connectivity index is 1.72. The molecule has 2 rings (SSSR count). The molecule has 2 aromatic carbocycles. The summed E-state index contributed by atoms with van der Waals surface area (Å²) in [5, 5.41) is 3.37. The fourth-order valence-electron chi connectivity index (χ4n) is 2.01. The number of anilines is 1. The number of amides is 1. The van der Waals surface area contributed by atoms with E-state index in [9.17, 15) is 9.59 Å². The van der Waals surface area contributed by atoms with Gasteiger partial charge in [-0.05, 0) is 55.5 Å².